The predicted octanol–water partition coefficient (Wildman–Crippen LogP) is 3.04. The van der Waals surface area contributed by atoms with Crippen LogP contribution in [0.25, 0.3) is 0 Å². The molecule has 0 radical (unpaired) electrons. The van der Waals surface area contributed by atoms with E-state index < -0.39 is 5.97 Å². The van der Waals surface area contributed by atoms with Crippen LogP contribution >= 0.6 is 0 Å². The Bertz CT molecular complexity index is 279. The summed E-state index contributed by atoms with van der Waals surface area (Å²) in [6.45, 7) is 8.51. The van der Waals surface area contributed by atoms with Gasteiger partial charge in [-0.15, -0.1) is 0 Å². The molecule has 19 heavy (non-hydrogen) atoms. The van der Waals surface area contributed by atoms with Gasteiger partial charge in [0.05, 0.1) is 12.0 Å². The van der Waals surface area contributed by atoms with Crippen molar-refractivity contribution in [3.63, 3.8) is 0 Å². The van der Waals surface area contributed by atoms with E-state index in [1.807, 2.05) is 0 Å². The fraction of sp³-hybridized carbons (Fsp3) is 0.857. The molecular weight excluding hydrogens is 246 g/mol. The molecule has 1 aliphatic rings. The Labute approximate surface area is 115 Å². The summed E-state index contributed by atoms with van der Waals surface area (Å²) >= 11 is 0. The molecule has 1 saturated heterocycles. The van der Waals surface area contributed by atoms with Gasteiger partial charge in [0, 0.05) is 0 Å². The number of ether oxygens (including phenoxy) is 1. The number of amides is 1. The van der Waals surface area contributed by atoms with Crippen LogP contribution in [0.3, 0.4) is 0 Å². The lowest BCUT2D eigenvalue weighted by atomic mass is 10.0. The highest BCUT2D eigenvalue weighted by atomic mass is 16.6. The lowest BCUT2D eigenvalue weighted by Crippen LogP contribution is -2.30. The van der Waals surface area contributed by atoms with Crippen molar-refractivity contribution < 1.29 is 19.4 Å². The number of carboxylic acids is 1. The van der Waals surface area contributed by atoms with E-state index in [0.717, 1.165) is 25.7 Å². The van der Waals surface area contributed by atoms with E-state index in [4.69, 9.17) is 5.11 Å². The van der Waals surface area contributed by atoms with Crippen molar-refractivity contribution in [1.29, 1.82) is 0 Å². The molecule has 1 amide bonds. The number of carbonyl (C=O) groups excluding carboxylic acids is 1. The number of hydrogen-bond donors (Lipinski definition) is 2. The number of carboxylic acid groups (broad SMARTS) is 1. The normalized spacial score (nSPS) is 19.2. The molecule has 0 aromatic carbocycles. The Morgan fingerprint density at radius 2 is 2.05 bits per heavy atom. The molecule has 112 valence electrons. The van der Waals surface area contributed by atoms with Crippen LogP contribution in [0.2, 0.25) is 0 Å². The molecular formula is C14H27NO4. The molecule has 1 rings (SSSR count). The second kappa shape index (κ2) is 9.64. The van der Waals surface area contributed by atoms with Crippen molar-refractivity contribution in [2.75, 3.05) is 6.61 Å². The molecule has 0 aromatic heterocycles. The van der Waals surface area contributed by atoms with Crippen molar-refractivity contribution in [2.24, 2.45) is 11.8 Å². The number of carbonyl (C=O) groups is 2. The van der Waals surface area contributed by atoms with Gasteiger partial charge in [0.1, 0.15) is 6.61 Å². The molecule has 0 spiro atoms. The third-order valence-corrected chi connectivity index (χ3v) is 3.16. The zero-order chi connectivity index (χ0) is 14.8. The summed E-state index contributed by atoms with van der Waals surface area (Å²) in [7, 11) is 0. The lowest BCUT2D eigenvalue weighted by Gasteiger charge is -2.09. The summed E-state index contributed by atoms with van der Waals surface area (Å²) in [5.74, 6) is -0.362. The third kappa shape index (κ3) is 8.46. The summed E-state index contributed by atoms with van der Waals surface area (Å²) in [5, 5.41) is 11.2. The molecule has 1 heterocycles. The number of rotatable bonds is 6. The minimum atomic E-state index is -0.670. The van der Waals surface area contributed by atoms with Gasteiger partial charge in [-0.2, -0.15) is 0 Å². The predicted molar refractivity (Wildman–Crippen MR) is 74.1 cm³/mol. The van der Waals surface area contributed by atoms with E-state index in [9.17, 15) is 9.59 Å². The first-order valence-corrected chi connectivity index (χ1v) is 7.04. The van der Waals surface area contributed by atoms with E-state index in [1.165, 1.54) is 0 Å². The van der Waals surface area contributed by atoms with Crippen molar-refractivity contribution >= 4 is 12.1 Å². The summed E-state index contributed by atoms with van der Waals surface area (Å²) < 4.78 is 4.68. The highest BCUT2D eigenvalue weighted by Gasteiger charge is 2.24. The Kier molecular flexibility index (Phi) is 9.00. The van der Waals surface area contributed by atoms with Gasteiger partial charge < -0.3 is 15.2 Å². The van der Waals surface area contributed by atoms with Gasteiger partial charge >= 0.3 is 12.1 Å². The minimum Gasteiger partial charge on any atom is -0.481 e. The maximum absolute atomic E-state index is 10.4. The number of cyclic esters (lactones) is 1. The standard InChI is InChI=1S/C8H16O2.C6H11NO2/c1-3-4-5-6-7(2)8(9)10;1-4(2)5-3-9-6(8)7-5/h7H,3-6H2,1-2H3,(H,9,10);4-5H,3H2,1-2H3,(H,7,8)/t;5-/m.0/s1. The van der Waals surface area contributed by atoms with E-state index in [-0.39, 0.29) is 18.1 Å². The quantitative estimate of drug-likeness (QED) is 0.729. The summed E-state index contributed by atoms with van der Waals surface area (Å²) in [4.78, 5) is 20.7. The monoisotopic (exact) mass is 273 g/mol. The fourth-order valence-corrected chi connectivity index (χ4v) is 1.58. The molecule has 0 bridgehead atoms. The Balaban J connectivity index is 0.000000342. The molecule has 1 aliphatic heterocycles. The average molecular weight is 273 g/mol. The van der Waals surface area contributed by atoms with Crippen molar-refractivity contribution in [2.45, 2.75) is 59.4 Å². The Hall–Kier alpha value is -1.26. The van der Waals surface area contributed by atoms with Crippen molar-refractivity contribution in [3.8, 4) is 0 Å². The van der Waals surface area contributed by atoms with Crippen LogP contribution in [0.15, 0.2) is 0 Å². The lowest BCUT2D eigenvalue weighted by molar-refractivity contribution is -0.141. The van der Waals surface area contributed by atoms with E-state index in [2.05, 4.69) is 30.8 Å². The number of alkyl carbamates (subject to hydrolysis) is 1. The molecule has 2 atom stereocenters. The van der Waals surface area contributed by atoms with E-state index in [1.54, 1.807) is 6.92 Å². The minimum absolute atomic E-state index is 0.161. The average Bonchev–Trinajstić information content (AvgIpc) is 2.77. The van der Waals surface area contributed by atoms with Crippen LogP contribution in [0, 0.1) is 11.8 Å². The maximum Gasteiger partial charge on any atom is 0.407 e. The third-order valence-electron chi connectivity index (χ3n) is 3.16. The highest BCUT2D eigenvalue weighted by Crippen LogP contribution is 2.08. The van der Waals surface area contributed by atoms with Gasteiger partial charge in [0.2, 0.25) is 0 Å². The molecule has 0 aromatic rings. The first kappa shape index (κ1) is 17.7. The number of unbranched alkanes of at least 4 members (excludes halogenated alkanes) is 2. The second-order valence-electron chi connectivity index (χ2n) is 5.33. The van der Waals surface area contributed by atoms with Crippen LogP contribution in [-0.2, 0) is 9.53 Å². The van der Waals surface area contributed by atoms with Gasteiger partial charge in [-0.25, -0.2) is 4.79 Å². The highest BCUT2D eigenvalue weighted by molar-refractivity contribution is 5.69. The molecule has 5 heteroatoms. The number of aliphatic carboxylic acids is 1. The number of nitrogens with one attached hydrogen (secondary N) is 1. The fourth-order valence-electron chi connectivity index (χ4n) is 1.58. The van der Waals surface area contributed by atoms with Gasteiger partial charge in [0.25, 0.3) is 0 Å². The first-order valence-electron chi connectivity index (χ1n) is 7.04. The molecule has 2 N–H and O–H groups in total. The Morgan fingerprint density at radius 1 is 1.42 bits per heavy atom. The zero-order valence-corrected chi connectivity index (χ0v) is 12.4. The van der Waals surface area contributed by atoms with Crippen molar-refractivity contribution in [3.05, 3.63) is 0 Å². The van der Waals surface area contributed by atoms with Crippen LogP contribution in [0.1, 0.15) is 53.4 Å². The van der Waals surface area contributed by atoms with E-state index >= 15 is 0 Å². The van der Waals surface area contributed by atoms with Crippen LogP contribution in [-0.4, -0.2) is 29.8 Å². The topological polar surface area (TPSA) is 75.6 Å². The van der Waals surface area contributed by atoms with Crippen LogP contribution in [0.4, 0.5) is 4.79 Å². The SMILES string of the molecule is CC(C)[C@@H]1COC(=O)N1.CCCCCC(C)C(=O)O. The second-order valence-corrected chi connectivity index (χ2v) is 5.33. The summed E-state index contributed by atoms with van der Waals surface area (Å²) in [5.41, 5.74) is 0. The van der Waals surface area contributed by atoms with Crippen LogP contribution < -0.4 is 5.32 Å². The zero-order valence-electron chi connectivity index (χ0n) is 12.4. The van der Waals surface area contributed by atoms with Gasteiger partial charge in [-0.05, 0) is 12.3 Å². The maximum atomic E-state index is 10.4. The smallest absolute Gasteiger partial charge is 0.407 e. The number of hydrogen-bond acceptors (Lipinski definition) is 3. The molecule has 0 saturated carbocycles. The van der Waals surface area contributed by atoms with Crippen LogP contribution in [0.5, 0.6) is 0 Å². The van der Waals surface area contributed by atoms with E-state index in [0.29, 0.717) is 12.5 Å². The molecule has 1 fully saturated rings. The van der Waals surface area contributed by atoms with Gasteiger partial charge in [-0.1, -0.05) is 47.0 Å². The molecule has 5 nitrogen and oxygen atoms in total. The van der Waals surface area contributed by atoms with Crippen molar-refractivity contribution in [1.82, 2.24) is 5.32 Å². The van der Waals surface area contributed by atoms with Gasteiger partial charge in [-0.3, -0.25) is 4.79 Å². The van der Waals surface area contributed by atoms with Gasteiger partial charge in [0.15, 0.2) is 0 Å². The summed E-state index contributed by atoms with van der Waals surface area (Å²) in [6.07, 6.45) is 3.89. The molecule has 0 aliphatic carbocycles. The largest absolute Gasteiger partial charge is 0.481 e. The summed E-state index contributed by atoms with van der Waals surface area (Å²) in [6, 6.07) is 0.220. The first-order chi connectivity index (χ1) is 8.88. The molecule has 1 unspecified atom stereocenters. The Morgan fingerprint density at radius 3 is 2.37 bits per heavy atom.